The van der Waals surface area contributed by atoms with Gasteiger partial charge in [-0.15, -0.1) is 0 Å². The predicted molar refractivity (Wildman–Crippen MR) is 59.1 cm³/mol. The third-order valence-electron chi connectivity index (χ3n) is 1.53. The largest absolute Gasteiger partial charge is 0.192 e. The van der Waals surface area contributed by atoms with Gasteiger partial charge in [0.25, 0.3) is 0 Å². The van der Waals surface area contributed by atoms with Crippen molar-refractivity contribution in [2.24, 2.45) is 0 Å². The molecule has 1 aromatic rings. The van der Waals surface area contributed by atoms with E-state index in [1.165, 1.54) is 0 Å². The molecule has 0 saturated heterocycles. The van der Waals surface area contributed by atoms with Gasteiger partial charge in [-0.2, -0.15) is 17.9 Å². The molecule has 0 bridgehead atoms. The molecule has 0 spiro atoms. The van der Waals surface area contributed by atoms with E-state index in [4.69, 9.17) is 16.9 Å². The molecule has 0 aliphatic heterocycles. The lowest BCUT2D eigenvalue weighted by molar-refractivity contribution is 1.48. The quantitative estimate of drug-likeness (QED) is 0.744. The Bertz CT molecular complexity index is 366. The van der Waals surface area contributed by atoms with Crippen LogP contribution in [0.25, 0.3) is 6.08 Å². The summed E-state index contributed by atoms with van der Waals surface area (Å²) in [7, 11) is 0. The highest BCUT2D eigenvalue weighted by molar-refractivity contribution is 7.80. The first-order valence-electron chi connectivity index (χ1n) is 3.75. The summed E-state index contributed by atoms with van der Waals surface area (Å²) in [6.45, 7) is 0. The molecule has 0 radical (unpaired) electrons. The fourth-order valence-electron chi connectivity index (χ4n) is 0.914. The van der Waals surface area contributed by atoms with Gasteiger partial charge in [0, 0.05) is 5.75 Å². The molecule has 1 nitrogen and oxygen atoms in total. The number of halogens is 1. The number of hydrogen-bond acceptors (Lipinski definition) is 2. The Morgan fingerprint density at radius 3 is 2.85 bits per heavy atom. The lowest BCUT2D eigenvalue weighted by Gasteiger charge is -1.96. The van der Waals surface area contributed by atoms with Crippen LogP contribution in [0.1, 0.15) is 11.1 Å². The molecule has 66 valence electrons. The second kappa shape index (κ2) is 4.96. The molecule has 0 aliphatic rings. The molecule has 0 amide bonds. The number of hydrogen-bond donors (Lipinski definition) is 1. The van der Waals surface area contributed by atoms with Crippen molar-refractivity contribution in [1.29, 1.82) is 5.26 Å². The summed E-state index contributed by atoms with van der Waals surface area (Å²) >= 11 is 9.88. The molecule has 0 saturated carbocycles. The Balaban J connectivity index is 2.97. The van der Waals surface area contributed by atoms with Crippen molar-refractivity contribution in [2.45, 2.75) is 0 Å². The maximum Gasteiger partial charge on any atom is 0.101 e. The highest BCUT2D eigenvalue weighted by atomic mass is 35.5. The molecule has 3 heteroatoms. The van der Waals surface area contributed by atoms with Crippen molar-refractivity contribution in [1.82, 2.24) is 0 Å². The van der Waals surface area contributed by atoms with E-state index in [1.807, 2.05) is 24.3 Å². The molecule has 0 atom stereocenters. The lowest BCUT2D eigenvalue weighted by atomic mass is 10.1. The molecule has 1 aromatic carbocycles. The van der Waals surface area contributed by atoms with Gasteiger partial charge in [-0.1, -0.05) is 29.8 Å². The van der Waals surface area contributed by atoms with E-state index < -0.39 is 0 Å². The molecule has 0 unspecified atom stereocenters. The molecule has 13 heavy (non-hydrogen) atoms. The summed E-state index contributed by atoms with van der Waals surface area (Å²) in [5, 5.41) is 9.11. The van der Waals surface area contributed by atoms with Gasteiger partial charge in [0.2, 0.25) is 0 Å². The van der Waals surface area contributed by atoms with Crippen LogP contribution < -0.4 is 0 Å². The Morgan fingerprint density at radius 2 is 2.31 bits per heavy atom. The van der Waals surface area contributed by atoms with Crippen LogP contribution >= 0.6 is 24.2 Å². The van der Waals surface area contributed by atoms with E-state index in [9.17, 15) is 0 Å². The first-order chi connectivity index (χ1) is 6.27. The zero-order valence-corrected chi connectivity index (χ0v) is 8.52. The van der Waals surface area contributed by atoms with E-state index in [-0.39, 0.29) is 0 Å². The third kappa shape index (κ3) is 2.80. The number of nitrogens with zero attached hydrogens (tertiary/aromatic N) is 1. The van der Waals surface area contributed by atoms with Crippen molar-refractivity contribution in [3.05, 3.63) is 40.4 Å². The summed E-state index contributed by atoms with van der Waals surface area (Å²) in [4.78, 5) is 0. The Hall–Kier alpha value is -0.910. The molecule has 0 N–H and O–H groups in total. The van der Waals surface area contributed by atoms with E-state index >= 15 is 0 Å². The van der Waals surface area contributed by atoms with Crippen LogP contribution in [0.4, 0.5) is 0 Å². The molecule has 1 rings (SSSR count). The van der Waals surface area contributed by atoms with Crippen molar-refractivity contribution >= 4 is 30.3 Å². The Morgan fingerprint density at radius 1 is 1.54 bits per heavy atom. The van der Waals surface area contributed by atoms with Crippen LogP contribution in [0.3, 0.4) is 0 Å². The minimum absolute atomic E-state index is 0.490. The number of benzene rings is 1. The van der Waals surface area contributed by atoms with Crippen LogP contribution in [0.2, 0.25) is 5.02 Å². The molecular formula is C10H8ClNS. The minimum atomic E-state index is 0.490. The van der Waals surface area contributed by atoms with Gasteiger partial charge >= 0.3 is 0 Å². The number of nitriles is 1. The predicted octanol–water partition coefficient (Wildman–Crippen LogP) is 3.15. The van der Waals surface area contributed by atoms with Crippen molar-refractivity contribution in [3.63, 3.8) is 0 Å². The van der Waals surface area contributed by atoms with E-state index in [0.717, 1.165) is 5.56 Å². The Labute approximate surface area is 88.1 Å². The van der Waals surface area contributed by atoms with Crippen LogP contribution in [-0.4, -0.2) is 5.75 Å². The zero-order chi connectivity index (χ0) is 9.68. The lowest BCUT2D eigenvalue weighted by Crippen LogP contribution is -1.78. The van der Waals surface area contributed by atoms with E-state index in [0.29, 0.717) is 16.3 Å². The Kier molecular flexibility index (Phi) is 3.88. The van der Waals surface area contributed by atoms with E-state index in [1.54, 1.807) is 12.1 Å². The number of thiol groups is 1. The first kappa shape index (κ1) is 10.2. The van der Waals surface area contributed by atoms with Gasteiger partial charge < -0.3 is 0 Å². The second-order valence-electron chi connectivity index (χ2n) is 2.44. The van der Waals surface area contributed by atoms with Crippen LogP contribution in [0.15, 0.2) is 24.3 Å². The summed E-state index contributed by atoms with van der Waals surface area (Å²) in [5.41, 5.74) is 1.49. The normalized spacial score (nSPS) is 10.2. The fourth-order valence-corrected chi connectivity index (χ4v) is 1.25. The van der Waals surface area contributed by atoms with Gasteiger partial charge in [0.05, 0.1) is 10.6 Å². The van der Waals surface area contributed by atoms with Gasteiger partial charge in [-0.25, -0.2) is 0 Å². The van der Waals surface area contributed by atoms with E-state index in [2.05, 4.69) is 12.6 Å². The molecule has 0 aliphatic carbocycles. The molecular weight excluding hydrogens is 202 g/mol. The van der Waals surface area contributed by atoms with Crippen LogP contribution in [0, 0.1) is 11.3 Å². The van der Waals surface area contributed by atoms with Crippen molar-refractivity contribution in [3.8, 4) is 6.07 Å². The summed E-state index contributed by atoms with van der Waals surface area (Å²) in [6.07, 6.45) is 3.83. The van der Waals surface area contributed by atoms with Crippen molar-refractivity contribution < 1.29 is 0 Å². The maximum atomic E-state index is 8.62. The monoisotopic (exact) mass is 209 g/mol. The van der Waals surface area contributed by atoms with Crippen LogP contribution in [0.5, 0.6) is 0 Å². The zero-order valence-electron chi connectivity index (χ0n) is 6.87. The summed E-state index contributed by atoms with van der Waals surface area (Å²) in [5.74, 6) is 0.692. The minimum Gasteiger partial charge on any atom is -0.192 e. The second-order valence-corrected chi connectivity index (χ2v) is 3.21. The average Bonchev–Trinajstić information content (AvgIpc) is 2.15. The molecule has 0 heterocycles. The average molecular weight is 210 g/mol. The topological polar surface area (TPSA) is 23.8 Å². The summed E-state index contributed by atoms with van der Waals surface area (Å²) in [6, 6.07) is 7.33. The smallest absolute Gasteiger partial charge is 0.101 e. The van der Waals surface area contributed by atoms with Gasteiger partial charge in [-0.05, 0) is 17.7 Å². The highest BCUT2D eigenvalue weighted by Gasteiger charge is 1.97. The first-order valence-corrected chi connectivity index (χ1v) is 4.76. The van der Waals surface area contributed by atoms with Gasteiger partial charge in [0.15, 0.2) is 0 Å². The van der Waals surface area contributed by atoms with Crippen LogP contribution in [-0.2, 0) is 0 Å². The SMILES string of the molecule is N#Cc1ccc(C=CCS)cc1Cl. The molecule has 0 fully saturated rings. The third-order valence-corrected chi connectivity index (χ3v) is 2.05. The van der Waals surface area contributed by atoms with Crippen molar-refractivity contribution in [2.75, 3.05) is 5.75 Å². The molecule has 0 aromatic heterocycles. The van der Waals surface area contributed by atoms with Gasteiger partial charge in [-0.3, -0.25) is 0 Å². The number of rotatable bonds is 2. The maximum absolute atomic E-state index is 8.62. The van der Waals surface area contributed by atoms with Gasteiger partial charge in [0.1, 0.15) is 6.07 Å². The summed E-state index contributed by atoms with van der Waals surface area (Å²) < 4.78 is 0. The highest BCUT2D eigenvalue weighted by Crippen LogP contribution is 2.17. The standard InChI is InChI=1S/C10H8ClNS/c11-10-6-8(2-1-5-13)3-4-9(10)7-12/h1-4,6,13H,5H2. The fraction of sp³-hybridized carbons (Fsp3) is 0.100.